The van der Waals surface area contributed by atoms with Crippen LogP contribution in [0, 0.1) is 0 Å². The normalized spacial score (nSPS) is 10.8. The van der Waals surface area contributed by atoms with Crippen molar-refractivity contribution < 1.29 is 0 Å². The summed E-state index contributed by atoms with van der Waals surface area (Å²) in [5.41, 5.74) is 9.07. The largest absolute Gasteiger partial charge is 0.326 e. The number of hydrogen-bond donors (Lipinski definition) is 1. The van der Waals surface area contributed by atoms with Gasteiger partial charge in [-0.05, 0) is 39.6 Å². The molecule has 0 saturated carbocycles. The van der Waals surface area contributed by atoms with Crippen LogP contribution in [0.2, 0.25) is 5.02 Å². The summed E-state index contributed by atoms with van der Waals surface area (Å²) < 4.78 is 0. The smallest absolute Gasteiger partial charge is 0.0451 e. The van der Waals surface area contributed by atoms with E-state index in [1.165, 1.54) is 16.3 Å². The molecule has 0 spiro atoms. The summed E-state index contributed by atoms with van der Waals surface area (Å²) in [6.45, 7) is 0.456. The van der Waals surface area contributed by atoms with Crippen LogP contribution < -0.4 is 5.73 Å². The minimum Gasteiger partial charge on any atom is -0.326 e. The van der Waals surface area contributed by atoms with Crippen LogP contribution in [0.1, 0.15) is 5.56 Å². The number of hydrogen-bond acceptors (Lipinski definition) is 1. The summed E-state index contributed by atoms with van der Waals surface area (Å²) in [7, 11) is 0. The Hall–Kier alpha value is -1.83. The van der Waals surface area contributed by atoms with Gasteiger partial charge in [-0.2, -0.15) is 0 Å². The molecule has 0 aliphatic rings. The Morgan fingerprint density at radius 3 is 2.53 bits per heavy atom. The van der Waals surface area contributed by atoms with Gasteiger partial charge in [0, 0.05) is 11.6 Å². The van der Waals surface area contributed by atoms with Crippen molar-refractivity contribution in [3.63, 3.8) is 0 Å². The molecule has 0 aliphatic carbocycles. The van der Waals surface area contributed by atoms with Crippen LogP contribution in [-0.2, 0) is 6.54 Å². The maximum atomic E-state index is 6.12. The first-order valence-electron chi connectivity index (χ1n) is 6.26. The van der Waals surface area contributed by atoms with Gasteiger partial charge < -0.3 is 5.73 Å². The minimum atomic E-state index is 0.456. The predicted molar refractivity (Wildman–Crippen MR) is 82.3 cm³/mol. The summed E-state index contributed by atoms with van der Waals surface area (Å²) >= 11 is 6.12. The molecule has 19 heavy (non-hydrogen) atoms. The number of nitrogens with two attached hydrogens (primary N) is 1. The molecule has 0 fully saturated rings. The van der Waals surface area contributed by atoms with Crippen molar-refractivity contribution in [2.45, 2.75) is 6.54 Å². The molecule has 0 saturated heterocycles. The van der Waals surface area contributed by atoms with E-state index < -0.39 is 0 Å². The second kappa shape index (κ2) is 5.04. The lowest BCUT2D eigenvalue weighted by molar-refractivity contribution is 1.07. The SMILES string of the molecule is NCc1cc(-c2cccc3ccccc23)ccc1Cl. The van der Waals surface area contributed by atoms with Crippen LogP contribution >= 0.6 is 11.6 Å². The summed E-state index contributed by atoms with van der Waals surface area (Å²) in [5.74, 6) is 0. The van der Waals surface area contributed by atoms with Crippen molar-refractivity contribution >= 4 is 22.4 Å². The molecule has 2 N–H and O–H groups in total. The van der Waals surface area contributed by atoms with E-state index in [-0.39, 0.29) is 0 Å². The van der Waals surface area contributed by atoms with Gasteiger partial charge in [-0.3, -0.25) is 0 Å². The molecule has 3 aromatic rings. The van der Waals surface area contributed by atoms with Crippen molar-refractivity contribution in [1.29, 1.82) is 0 Å². The summed E-state index contributed by atoms with van der Waals surface area (Å²) in [5, 5.41) is 3.21. The van der Waals surface area contributed by atoms with Gasteiger partial charge in [-0.25, -0.2) is 0 Å². The van der Waals surface area contributed by atoms with E-state index in [0.717, 1.165) is 16.1 Å². The molecule has 0 radical (unpaired) electrons. The molecule has 1 nitrogen and oxygen atoms in total. The number of fused-ring (bicyclic) bond motifs is 1. The highest BCUT2D eigenvalue weighted by Crippen LogP contribution is 2.30. The third kappa shape index (κ3) is 2.23. The van der Waals surface area contributed by atoms with E-state index in [9.17, 15) is 0 Å². The standard InChI is InChI=1S/C17H14ClN/c18-17-9-8-13(10-14(17)11-19)16-7-3-5-12-4-1-2-6-15(12)16/h1-10H,11,19H2. The third-order valence-corrected chi connectivity index (χ3v) is 3.73. The van der Waals surface area contributed by atoms with Crippen molar-refractivity contribution in [1.82, 2.24) is 0 Å². The zero-order chi connectivity index (χ0) is 13.2. The van der Waals surface area contributed by atoms with Gasteiger partial charge in [0.25, 0.3) is 0 Å². The minimum absolute atomic E-state index is 0.456. The third-order valence-electron chi connectivity index (χ3n) is 3.37. The second-order valence-electron chi connectivity index (χ2n) is 4.54. The Morgan fingerprint density at radius 1 is 0.895 bits per heavy atom. The van der Waals surface area contributed by atoms with Crippen LogP contribution in [-0.4, -0.2) is 0 Å². The van der Waals surface area contributed by atoms with E-state index in [1.807, 2.05) is 12.1 Å². The topological polar surface area (TPSA) is 26.0 Å². The molecule has 0 aromatic heterocycles. The quantitative estimate of drug-likeness (QED) is 0.720. The van der Waals surface area contributed by atoms with Crippen molar-refractivity contribution in [2.75, 3.05) is 0 Å². The molecular weight excluding hydrogens is 254 g/mol. The fraction of sp³-hybridized carbons (Fsp3) is 0.0588. The summed E-state index contributed by atoms with van der Waals surface area (Å²) in [6, 6.07) is 20.7. The molecule has 3 rings (SSSR count). The average molecular weight is 268 g/mol. The Bertz CT molecular complexity index is 729. The van der Waals surface area contributed by atoms with Gasteiger partial charge >= 0.3 is 0 Å². The highest BCUT2D eigenvalue weighted by atomic mass is 35.5. The van der Waals surface area contributed by atoms with Crippen LogP contribution in [0.3, 0.4) is 0 Å². The van der Waals surface area contributed by atoms with Crippen molar-refractivity contribution in [3.05, 3.63) is 71.2 Å². The fourth-order valence-electron chi connectivity index (χ4n) is 2.38. The zero-order valence-corrected chi connectivity index (χ0v) is 11.2. The molecule has 0 amide bonds. The van der Waals surface area contributed by atoms with E-state index in [1.54, 1.807) is 0 Å². The zero-order valence-electron chi connectivity index (χ0n) is 10.4. The lowest BCUT2D eigenvalue weighted by Gasteiger charge is -2.09. The summed E-state index contributed by atoms with van der Waals surface area (Å²) in [6.07, 6.45) is 0. The molecule has 0 unspecified atom stereocenters. The van der Waals surface area contributed by atoms with Gasteiger partial charge in [0.15, 0.2) is 0 Å². The number of rotatable bonds is 2. The Morgan fingerprint density at radius 2 is 1.68 bits per heavy atom. The molecule has 0 heterocycles. The Balaban J connectivity index is 2.24. The maximum Gasteiger partial charge on any atom is 0.0451 e. The van der Waals surface area contributed by atoms with Gasteiger partial charge in [0.05, 0.1) is 0 Å². The molecule has 0 bridgehead atoms. The van der Waals surface area contributed by atoms with E-state index in [4.69, 9.17) is 17.3 Å². The lowest BCUT2D eigenvalue weighted by atomic mass is 9.97. The average Bonchev–Trinajstić information content (AvgIpc) is 2.47. The van der Waals surface area contributed by atoms with E-state index >= 15 is 0 Å². The second-order valence-corrected chi connectivity index (χ2v) is 4.94. The lowest BCUT2D eigenvalue weighted by Crippen LogP contribution is -1.97. The monoisotopic (exact) mass is 267 g/mol. The molecule has 3 aromatic carbocycles. The van der Waals surface area contributed by atoms with Crippen LogP contribution in [0.15, 0.2) is 60.7 Å². The highest BCUT2D eigenvalue weighted by molar-refractivity contribution is 6.31. The molecule has 94 valence electrons. The number of benzene rings is 3. The summed E-state index contributed by atoms with van der Waals surface area (Å²) in [4.78, 5) is 0. The Labute approximate surface area is 117 Å². The van der Waals surface area contributed by atoms with Crippen LogP contribution in [0.25, 0.3) is 21.9 Å². The van der Waals surface area contributed by atoms with E-state index in [2.05, 4.69) is 48.5 Å². The first-order chi connectivity index (χ1) is 9.29. The molecular formula is C17H14ClN. The maximum absolute atomic E-state index is 6.12. The predicted octanol–water partition coefficient (Wildman–Crippen LogP) is 4.62. The van der Waals surface area contributed by atoms with Crippen LogP contribution in [0.5, 0.6) is 0 Å². The van der Waals surface area contributed by atoms with Gasteiger partial charge in [-0.1, -0.05) is 60.1 Å². The molecule has 0 atom stereocenters. The first-order valence-corrected chi connectivity index (χ1v) is 6.64. The van der Waals surface area contributed by atoms with Crippen LogP contribution in [0.4, 0.5) is 0 Å². The Kier molecular flexibility index (Phi) is 3.24. The first kappa shape index (κ1) is 12.2. The van der Waals surface area contributed by atoms with E-state index in [0.29, 0.717) is 6.54 Å². The molecule has 2 heteroatoms. The van der Waals surface area contributed by atoms with Gasteiger partial charge in [0.1, 0.15) is 0 Å². The van der Waals surface area contributed by atoms with Crippen molar-refractivity contribution in [3.8, 4) is 11.1 Å². The number of halogens is 1. The highest BCUT2D eigenvalue weighted by Gasteiger charge is 2.05. The van der Waals surface area contributed by atoms with Crippen molar-refractivity contribution in [2.24, 2.45) is 5.73 Å². The van der Waals surface area contributed by atoms with Gasteiger partial charge in [0.2, 0.25) is 0 Å². The fourth-order valence-corrected chi connectivity index (χ4v) is 2.57. The van der Waals surface area contributed by atoms with Gasteiger partial charge in [-0.15, -0.1) is 0 Å². The molecule has 0 aliphatic heterocycles.